The van der Waals surface area contributed by atoms with Crippen molar-refractivity contribution in [3.05, 3.63) is 34.9 Å². The van der Waals surface area contributed by atoms with Gasteiger partial charge in [0.15, 0.2) is 0 Å². The minimum Gasteiger partial charge on any atom is -0.316 e. The Morgan fingerprint density at radius 1 is 1.25 bits per heavy atom. The van der Waals surface area contributed by atoms with Crippen LogP contribution in [0.2, 0.25) is 5.02 Å². The molecule has 3 unspecified atom stereocenters. The number of fused-ring (bicyclic) bond motifs is 2. The van der Waals surface area contributed by atoms with Gasteiger partial charge in [-0.05, 0) is 63.7 Å². The van der Waals surface area contributed by atoms with Gasteiger partial charge in [-0.1, -0.05) is 29.8 Å². The molecule has 0 aliphatic carbocycles. The van der Waals surface area contributed by atoms with Gasteiger partial charge in [0.1, 0.15) is 0 Å². The number of nitrogens with one attached hydrogen (secondary N) is 1. The van der Waals surface area contributed by atoms with Gasteiger partial charge >= 0.3 is 0 Å². The summed E-state index contributed by atoms with van der Waals surface area (Å²) >= 11 is 6.32. The highest BCUT2D eigenvalue weighted by atomic mass is 35.5. The molecule has 0 saturated carbocycles. The molecule has 3 rings (SSSR count). The van der Waals surface area contributed by atoms with E-state index in [9.17, 15) is 0 Å². The molecule has 2 heterocycles. The molecule has 0 amide bonds. The smallest absolute Gasteiger partial charge is 0.0438 e. The Hall–Kier alpha value is -0.570. The number of rotatable bonds is 4. The molecule has 0 aromatic heterocycles. The normalized spacial score (nSPS) is 31.4. The SMILES string of the molecule is CNC(Cc1ccccc1Cl)C1CC2CCC(C1)N2C. The number of nitrogens with zero attached hydrogens (tertiary/aromatic N) is 1. The van der Waals surface area contributed by atoms with Crippen LogP contribution in [0.3, 0.4) is 0 Å². The Kier molecular flexibility index (Phi) is 4.34. The van der Waals surface area contributed by atoms with Crippen molar-refractivity contribution in [2.75, 3.05) is 14.1 Å². The fourth-order valence-electron chi connectivity index (χ4n) is 4.19. The molecule has 2 fully saturated rings. The molecule has 1 aromatic carbocycles. The topological polar surface area (TPSA) is 15.3 Å². The summed E-state index contributed by atoms with van der Waals surface area (Å²) in [6.45, 7) is 0. The van der Waals surface area contributed by atoms with Crippen molar-refractivity contribution in [3.8, 4) is 0 Å². The summed E-state index contributed by atoms with van der Waals surface area (Å²) in [7, 11) is 4.41. The fraction of sp³-hybridized carbons (Fsp3) is 0.647. The summed E-state index contributed by atoms with van der Waals surface area (Å²) in [6, 6.07) is 10.4. The average molecular weight is 293 g/mol. The lowest BCUT2D eigenvalue weighted by atomic mass is 9.82. The first-order valence-electron chi connectivity index (χ1n) is 7.81. The van der Waals surface area contributed by atoms with Crippen LogP contribution in [0.5, 0.6) is 0 Å². The van der Waals surface area contributed by atoms with E-state index in [-0.39, 0.29) is 0 Å². The molecule has 1 N–H and O–H groups in total. The van der Waals surface area contributed by atoms with E-state index in [2.05, 4.69) is 36.4 Å². The molecule has 20 heavy (non-hydrogen) atoms. The van der Waals surface area contributed by atoms with Crippen molar-refractivity contribution < 1.29 is 0 Å². The second-order valence-corrected chi connectivity index (χ2v) is 6.88. The second kappa shape index (κ2) is 6.05. The molecule has 2 aliphatic heterocycles. The van der Waals surface area contributed by atoms with Gasteiger partial charge in [0.05, 0.1) is 0 Å². The van der Waals surface area contributed by atoms with Crippen LogP contribution in [-0.4, -0.2) is 37.1 Å². The van der Waals surface area contributed by atoms with Gasteiger partial charge in [0.2, 0.25) is 0 Å². The molecule has 2 bridgehead atoms. The minimum absolute atomic E-state index is 0.548. The van der Waals surface area contributed by atoms with E-state index >= 15 is 0 Å². The van der Waals surface area contributed by atoms with Gasteiger partial charge in [-0.25, -0.2) is 0 Å². The molecule has 110 valence electrons. The van der Waals surface area contributed by atoms with Crippen molar-refractivity contribution in [2.24, 2.45) is 5.92 Å². The lowest BCUT2D eigenvalue weighted by Gasteiger charge is -2.40. The number of piperidine rings is 1. The summed E-state index contributed by atoms with van der Waals surface area (Å²) < 4.78 is 0. The van der Waals surface area contributed by atoms with Crippen LogP contribution in [0.4, 0.5) is 0 Å². The number of halogens is 1. The molecule has 0 spiro atoms. The summed E-state index contributed by atoms with van der Waals surface area (Å²) in [6.07, 6.45) is 6.50. The van der Waals surface area contributed by atoms with E-state index < -0.39 is 0 Å². The van der Waals surface area contributed by atoms with Gasteiger partial charge in [0, 0.05) is 23.1 Å². The third kappa shape index (κ3) is 2.74. The van der Waals surface area contributed by atoms with E-state index in [1.165, 1.54) is 31.2 Å². The summed E-state index contributed by atoms with van der Waals surface area (Å²) in [4.78, 5) is 2.61. The van der Waals surface area contributed by atoms with Crippen molar-refractivity contribution >= 4 is 11.6 Å². The fourth-order valence-corrected chi connectivity index (χ4v) is 4.40. The molecule has 2 saturated heterocycles. The molecule has 1 aromatic rings. The van der Waals surface area contributed by atoms with Gasteiger partial charge < -0.3 is 10.2 Å². The standard InChI is InChI=1S/C17H25ClN2/c1-19-17(11-12-5-3-4-6-16(12)18)13-9-14-7-8-15(10-13)20(14)2/h3-6,13-15,17,19H,7-11H2,1-2H3. The van der Waals surface area contributed by atoms with Crippen LogP contribution in [0.1, 0.15) is 31.2 Å². The Balaban J connectivity index is 1.70. The number of benzene rings is 1. The third-order valence-corrected chi connectivity index (χ3v) is 5.84. The number of likely N-dealkylation sites (N-methyl/N-ethyl adjacent to an activating group) is 1. The van der Waals surface area contributed by atoms with Gasteiger partial charge in [-0.3, -0.25) is 0 Å². The zero-order valence-corrected chi connectivity index (χ0v) is 13.2. The lowest BCUT2D eigenvalue weighted by molar-refractivity contribution is 0.114. The number of hydrogen-bond acceptors (Lipinski definition) is 2. The molecule has 3 atom stereocenters. The van der Waals surface area contributed by atoms with Crippen LogP contribution >= 0.6 is 11.6 Å². The third-order valence-electron chi connectivity index (χ3n) is 5.47. The van der Waals surface area contributed by atoms with Crippen molar-refractivity contribution in [1.82, 2.24) is 10.2 Å². The van der Waals surface area contributed by atoms with Crippen LogP contribution < -0.4 is 5.32 Å². The highest BCUT2D eigenvalue weighted by Gasteiger charge is 2.40. The summed E-state index contributed by atoms with van der Waals surface area (Å²) in [5.41, 5.74) is 1.28. The highest BCUT2D eigenvalue weighted by Crippen LogP contribution is 2.39. The van der Waals surface area contributed by atoms with E-state index in [0.717, 1.165) is 29.4 Å². The quantitative estimate of drug-likeness (QED) is 0.916. The predicted octanol–water partition coefficient (Wildman–Crippen LogP) is 3.34. The first kappa shape index (κ1) is 14.4. The summed E-state index contributed by atoms with van der Waals surface area (Å²) in [5.74, 6) is 0.782. The Labute approximate surface area is 127 Å². The highest BCUT2D eigenvalue weighted by molar-refractivity contribution is 6.31. The minimum atomic E-state index is 0.548. The van der Waals surface area contributed by atoms with Crippen LogP contribution in [0.25, 0.3) is 0 Å². The van der Waals surface area contributed by atoms with Crippen molar-refractivity contribution in [3.63, 3.8) is 0 Å². The van der Waals surface area contributed by atoms with E-state index in [1.807, 2.05) is 12.1 Å². The monoisotopic (exact) mass is 292 g/mol. The van der Waals surface area contributed by atoms with E-state index in [4.69, 9.17) is 11.6 Å². The van der Waals surface area contributed by atoms with Crippen LogP contribution in [-0.2, 0) is 6.42 Å². The zero-order chi connectivity index (χ0) is 14.1. The van der Waals surface area contributed by atoms with E-state index in [1.54, 1.807) is 0 Å². The van der Waals surface area contributed by atoms with Gasteiger partial charge in [0.25, 0.3) is 0 Å². The molecule has 3 heteroatoms. The maximum Gasteiger partial charge on any atom is 0.0438 e. The largest absolute Gasteiger partial charge is 0.316 e. The molecular weight excluding hydrogens is 268 g/mol. The van der Waals surface area contributed by atoms with Crippen molar-refractivity contribution in [1.29, 1.82) is 0 Å². The lowest BCUT2D eigenvalue weighted by Crippen LogP contribution is -2.47. The Morgan fingerprint density at radius 2 is 1.90 bits per heavy atom. The zero-order valence-electron chi connectivity index (χ0n) is 12.5. The Bertz CT molecular complexity index is 448. The second-order valence-electron chi connectivity index (χ2n) is 6.47. The van der Waals surface area contributed by atoms with E-state index in [0.29, 0.717) is 6.04 Å². The molecular formula is C17H25ClN2. The summed E-state index contributed by atoms with van der Waals surface area (Å²) in [5, 5.41) is 4.46. The number of hydrogen-bond donors (Lipinski definition) is 1. The molecule has 2 nitrogen and oxygen atoms in total. The first-order chi connectivity index (χ1) is 9.69. The molecule has 0 radical (unpaired) electrons. The predicted molar refractivity (Wildman–Crippen MR) is 85.3 cm³/mol. The van der Waals surface area contributed by atoms with Gasteiger partial charge in [-0.15, -0.1) is 0 Å². The maximum atomic E-state index is 6.32. The average Bonchev–Trinajstić information content (AvgIpc) is 2.67. The molecule has 2 aliphatic rings. The van der Waals surface area contributed by atoms with Gasteiger partial charge in [-0.2, -0.15) is 0 Å². The maximum absolute atomic E-state index is 6.32. The van der Waals surface area contributed by atoms with Crippen molar-refractivity contribution in [2.45, 2.75) is 50.2 Å². The Morgan fingerprint density at radius 3 is 2.50 bits per heavy atom. The van der Waals surface area contributed by atoms with Crippen LogP contribution in [0, 0.1) is 5.92 Å². The first-order valence-corrected chi connectivity index (χ1v) is 8.19. The van der Waals surface area contributed by atoms with Crippen LogP contribution in [0.15, 0.2) is 24.3 Å².